The first-order valence-corrected chi connectivity index (χ1v) is 6.26. The number of carbonyl (C=O) groups excluding carboxylic acids is 1. The van der Waals surface area contributed by atoms with Gasteiger partial charge in [-0.2, -0.15) is 5.26 Å². The van der Waals surface area contributed by atoms with Gasteiger partial charge in [0.15, 0.2) is 6.61 Å². The SMILES string of the molecule is N#Cc1ccccc1OCC(=O)Nc1ccc([N+](=O)[O-])cc1. The molecule has 1 N–H and O–H groups in total. The number of non-ortho nitro benzene ring substituents is 1. The Morgan fingerprint density at radius 2 is 1.91 bits per heavy atom. The number of benzene rings is 2. The molecule has 0 aromatic heterocycles. The van der Waals surface area contributed by atoms with Crippen LogP contribution in [-0.2, 0) is 4.79 Å². The Balaban J connectivity index is 1.93. The number of hydrogen-bond acceptors (Lipinski definition) is 5. The first-order chi connectivity index (χ1) is 10.6. The number of nitro groups is 1. The predicted molar refractivity (Wildman–Crippen MR) is 78.4 cm³/mol. The fourth-order valence-electron chi connectivity index (χ4n) is 1.69. The van der Waals surface area contributed by atoms with Crippen LogP contribution in [0.15, 0.2) is 48.5 Å². The molecule has 2 aromatic rings. The van der Waals surface area contributed by atoms with E-state index in [0.717, 1.165) is 0 Å². The molecular formula is C15H11N3O4. The minimum atomic E-state index is -0.520. The van der Waals surface area contributed by atoms with E-state index in [1.165, 1.54) is 24.3 Å². The molecule has 0 spiro atoms. The zero-order valence-corrected chi connectivity index (χ0v) is 11.4. The summed E-state index contributed by atoms with van der Waals surface area (Å²) in [6.07, 6.45) is 0. The van der Waals surface area contributed by atoms with E-state index in [0.29, 0.717) is 17.0 Å². The Bertz CT molecular complexity index is 735. The molecule has 110 valence electrons. The molecule has 1 amide bonds. The zero-order valence-electron chi connectivity index (χ0n) is 11.4. The van der Waals surface area contributed by atoms with Crippen LogP contribution in [0.4, 0.5) is 11.4 Å². The van der Waals surface area contributed by atoms with Crippen molar-refractivity contribution >= 4 is 17.3 Å². The number of nitrogens with one attached hydrogen (secondary N) is 1. The Kier molecular flexibility index (Phi) is 4.67. The number of ether oxygens (including phenoxy) is 1. The fraction of sp³-hybridized carbons (Fsp3) is 0.0667. The van der Waals surface area contributed by atoms with Crippen molar-refractivity contribution in [3.05, 3.63) is 64.2 Å². The van der Waals surface area contributed by atoms with E-state index < -0.39 is 10.8 Å². The summed E-state index contributed by atoms with van der Waals surface area (Å²) in [6, 6.07) is 14.0. The lowest BCUT2D eigenvalue weighted by molar-refractivity contribution is -0.384. The van der Waals surface area contributed by atoms with Gasteiger partial charge in [-0.25, -0.2) is 0 Å². The number of nitriles is 1. The Morgan fingerprint density at radius 1 is 1.23 bits per heavy atom. The van der Waals surface area contributed by atoms with Crippen molar-refractivity contribution in [3.63, 3.8) is 0 Å². The van der Waals surface area contributed by atoms with Gasteiger partial charge in [-0.3, -0.25) is 14.9 Å². The third-order valence-electron chi connectivity index (χ3n) is 2.73. The number of amides is 1. The summed E-state index contributed by atoms with van der Waals surface area (Å²) in [5.41, 5.74) is 0.704. The summed E-state index contributed by atoms with van der Waals surface area (Å²) in [5.74, 6) is -0.106. The maximum atomic E-state index is 11.8. The second-order valence-corrected chi connectivity index (χ2v) is 4.25. The van der Waals surface area contributed by atoms with Crippen LogP contribution in [-0.4, -0.2) is 17.4 Å². The number of nitrogens with zero attached hydrogens (tertiary/aromatic N) is 2. The molecule has 0 aliphatic rings. The normalized spacial score (nSPS) is 9.59. The van der Waals surface area contributed by atoms with Crippen LogP contribution in [0.5, 0.6) is 5.75 Å². The minimum absolute atomic E-state index is 0.0582. The smallest absolute Gasteiger partial charge is 0.269 e. The summed E-state index contributed by atoms with van der Waals surface area (Å²) in [6.45, 7) is -0.268. The molecule has 0 atom stereocenters. The molecule has 0 saturated heterocycles. The lowest BCUT2D eigenvalue weighted by Crippen LogP contribution is -2.20. The predicted octanol–water partition coefficient (Wildman–Crippen LogP) is 2.48. The van der Waals surface area contributed by atoms with E-state index in [1.54, 1.807) is 24.3 Å². The van der Waals surface area contributed by atoms with Crippen LogP contribution >= 0.6 is 0 Å². The van der Waals surface area contributed by atoms with Crippen molar-refractivity contribution in [2.45, 2.75) is 0 Å². The molecule has 0 bridgehead atoms. The molecule has 2 rings (SSSR count). The number of carbonyl (C=O) groups is 1. The largest absolute Gasteiger partial charge is 0.482 e. The maximum absolute atomic E-state index is 11.8. The van der Waals surface area contributed by atoms with Crippen LogP contribution in [0.25, 0.3) is 0 Å². The zero-order chi connectivity index (χ0) is 15.9. The van der Waals surface area contributed by atoms with E-state index >= 15 is 0 Å². The highest BCUT2D eigenvalue weighted by Gasteiger charge is 2.08. The summed E-state index contributed by atoms with van der Waals surface area (Å²) in [4.78, 5) is 21.8. The van der Waals surface area contributed by atoms with E-state index in [-0.39, 0.29) is 12.3 Å². The van der Waals surface area contributed by atoms with Crippen LogP contribution in [0, 0.1) is 21.4 Å². The molecule has 0 saturated carbocycles. The molecule has 7 heteroatoms. The molecule has 2 aromatic carbocycles. The number of nitro benzene ring substituents is 1. The molecular weight excluding hydrogens is 286 g/mol. The van der Waals surface area contributed by atoms with Gasteiger partial charge in [-0.1, -0.05) is 12.1 Å². The van der Waals surface area contributed by atoms with Crippen LogP contribution < -0.4 is 10.1 Å². The topological polar surface area (TPSA) is 105 Å². The van der Waals surface area contributed by atoms with Gasteiger partial charge in [0.1, 0.15) is 11.8 Å². The van der Waals surface area contributed by atoms with Gasteiger partial charge in [-0.05, 0) is 24.3 Å². The monoisotopic (exact) mass is 297 g/mol. The minimum Gasteiger partial charge on any atom is -0.482 e. The van der Waals surface area contributed by atoms with Crippen molar-refractivity contribution in [3.8, 4) is 11.8 Å². The second-order valence-electron chi connectivity index (χ2n) is 4.25. The lowest BCUT2D eigenvalue weighted by Gasteiger charge is -2.08. The van der Waals surface area contributed by atoms with Gasteiger partial charge in [0.05, 0.1) is 10.5 Å². The molecule has 0 radical (unpaired) electrons. The molecule has 0 aliphatic heterocycles. The standard InChI is InChI=1S/C15H11N3O4/c16-9-11-3-1-2-4-14(11)22-10-15(19)17-12-5-7-13(8-6-12)18(20)21/h1-8H,10H2,(H,17,19). The van der Waals surface area contributed by atoms with Crippen LogP contribution in [0.2, 0.25) is 0 Å². The van der Waals surface area contributed by atoms with Gasteiger partial charge in [0.25, 0.3) is 11.6 Å². The molecule has 0 unspecified atom stereocenters. The highest BCUT2D eigenvalue weighted by Crippen LogP contribution is 2.17. The molecule has 0 fully saturated rings. The Labute approximate surface area is 125 Å². The first-order valence-electron chi connectivity index (χ1n) is 6.26. The van der Waals surface area contributed by atoms with Crippen molar-refractivity contribution in [1.29, 1.82) is 5.26 Å². The van der Waals surface area contributed by atoms with Crippen molar-refractivity contribution in [2.24, 2.45) is 0 Å². The number of hydrogen-bond donors (Lipinski definition) is 1. The third kappa shape index (κ3) is 3.80. The number of anilines is 1. The highest BCUT2D eigenvalue weighted by molar-refractivity contribution is 5.92. The quantitative estimate of drug-likeness (QED) is 0.674. The molecule has 7 nitrogen and oxygen atoms in total. The van der Waals surface area contributed by atoms with Gasteiger partial charge < -0.3 is 10.1 Å². The summed E-state index contributed by atoms with van der Waals surface area (Å²) < 4.78 is 5.28. The highest BCUT2D eigenvalue weighted by atomic mass is 16.6. The first kappa shape index (κ1) is 15.0. The average molecular weight is 297 g/mol. The number of rotatable bonds is 5. The molecule has 0 heterocycles. The van der Waals surface area contributed by atoms with Gasteiger partial charge in [-0.15, -0.1) is 0 Å². The summed E-state index contributed by atoms with van der Waals surface area (Å²) in [7, 11) is 0. The van der Waals surface area contributed by atoms with Crippen molar-refractivity contribution < 1.29 is 14.5 Å². The number of para-hydroxylation sites is 1. The third-order valence-corrected chi connectivity index (χ3v) is 2.73. The van der Waals surface area contributed by atoms with Gasteiger partial charge in [0, 0.05) is 17.8 Å². The van der Waals surface area contributed by atoms with Crippen molar-refractivity contribution in [1.82, 2.24) is 0 Å². The van der Waals surface area contributed by atoms with E-state index in [2.05, 4.69) is 5.32 Å². The molecule has 0 aliphatic carbocycles. The van der Waals surface area contributed by atoms with Crippen LogP contribution in [0.1, 0.15) is 5.56 Å². The summed E-state index contributed by atoms with van der Waals surface area (Å²) >= 11 is 0. The van der Waals surface area contributed by atoms with E-state index in [4.69, 9.17) is 10.00 Å². The maximum Gasteiger partial charge on any atom is 0.269 e. The van der Waals surface area contributed by atoms with Crippen LogP contribution in [0.3, 0.4) is 0 Å². The summed E-state index contributed by atoms with van der Waals surface area (Å²) in [5, 5.41) is 22.0. The van der Waals surface area contributed by atoms with E-state index in [9.17, 15) is 14.9 Å². The Morgan fingerprint density at radius 3 is 2.55 bits per heavy atom. The second kappa shape index (κ2) is 6.85. The fourth-order valence-corrected chi connectivity index (χ4v) is 1.69. The Hall–Kier alpha value is -3.40. The average Bonchev–Trinajstić information content (AvgIpc) is 2.53. The van der Waals surface area contributed by atoms with Crippen molar-refractivity contribution in [2.75, 3.05) is 11.9 Å². The molecule has 22 heavy (non-hydrogen) atoms. The van der Waals surface area contributed by atoms with E-state index in [1.807, 2.05) is 6.07 Å². The lowest BCUT2D eigenvalue weighted by atomic mass is 10.2. The van der Waals surface area contributed by atoms with Gasteiger partial charge >= 0.3 is 0 Å². The van der Waals surface area contributed by atoms with Gasteiger partial charge in [0.2, 0.25) is 0 Å².